The molecular formula is C13H20N2O. The van der Waals surface area contributed by atoms with Gasteiger partial charge in [-0.25, -0.2) is 0 Å². The maximum Gasteiger partial charge on any atom is 0.222 e. The van der Waals surface area contributed by atoms with Gasteiger partial charge < -0.3 is 10.6 Å². The predicted molar refractivity (Wildman–Crippen MR) is 65.7 cm³/mol. The Morgan fingerprint density at radius 1 is 1.25 bits per heavy atom. The average molecular weight is 220 g/mol. The molecule has 0 aliphatic carbocycles. The van der Waals surface area contributed by atoms with Crippen molar-refractivity contribution in [2.75, 3.05) is 6.54 Å². The number of hydrogen-bond donors (Lipinski definition) is 1. The zero-order chi connectivity index (χ0) is 12.0. The first-order valence-corrected chi connectivity index (χ1v) is 5.77. The van der Waals surface area contributed by atoms with Gasteiger partial charge in [0.2, 0.25) is 5.91 Å². The van der Waals surface area contributed by atoms with Crippen molar-refractivity contribution in [3.05, 3.63) is 35.4 Å². The molecule has 0 radical (unpaired) electrons. The number of carbonyl (C=O) groups excluding carboxylic acids is 1. The van der Waals surface area contributed by atoms with Crippen LogP contribution in [0.4, 0.5) is 0 Å². The van der Waals surface area contributed by atoms with Gasteiger partial charge in [-0.15, -0.1) is 0 Å². The van der Waals surface area contributed by atoms with Gasteiger partial charge in [-0.1, -0.05) is 31.2 Å². The molecule has 16 heavy (non-hydrogen) atoms. The number of rotatable bonds is 5. The maximum atomic E-state index is 11.6. The highest BCUT2D eigenvalue weighted by atomic mass is 16.2. The van der Waals surface area contributed by atoms with E-state index in [-0.39, 0.29) is 5.91 Å². The Morgan fingerprint density at radius 2 is 1.88 bits per heavy atom. The fraction of sp³-hybridized carbons (Fsp3) is 0.462. The molecule has 3 heteroatoms. The van der Waals surface area contributed by atoms with Crippen LogP contribution in [-0.2, 0) is 17.9 Å². The fourth-order valence-electron chi connectivity index (χ4n) is 1.72. The van der Waals surface area contributed by atoms with E-state index in [4.69, 9.17) is 5.73 Å². The number of benzene rings is 1. The molecule has 0 aliphatic rings. The molecule has 1 aromatic carbocycles. The van der Waals surface area contributed by atoms with E-state index in [0.29, 0.717) is 19.5 Å². The number of amides is 1. The summed E-state index contributed by atoms with van der Waals surface area (Å²) in [6, 6.07) is 8.01. The molecule has 1 amide bonds. The van der Waals surface area contributed by atoms with Gasteiger partial charge in [0.05, 0.1) is 0 Å². The first kappa shape index (κ1) is 12.7. The standard InChI is InChI=1S/C13H20N2O/c1-3-13(16)15(4-2)10-12-8-6-5-7-11(12)9-14/h5-8H,3-4,9-10,14H2,1-2H3. The van der Waals surface area contributed by atoms with Crippen LogP contribution in [0.25, 0.3) is 0 Å². The van der Waals surface area contributed by atoms with Crippen molar-refractivity contribution < 1.29 is 4.79 Å². The van der Waals surface area contributed by atoms with Gasteiger partial charge in [0.15, 0.2) is 0 Å². The van der Waals surface area contributed by atoms with E-state index in [1.807, 2.05) is 43.0 Å². The van der Waals surface area contributed by atoms with E-state index in [1.54, 1.807) is 0 Å². The molecular weight excluding hydrogens is 200 g/mol. The van der Waals surface area contributed by atoms with Crippen LogP contribution in [0.5, 0.6) is 0 Å². The van der Waals surface area contributed by atoms with Crippen molar-refractivity contribution in [2.45, 2.75) is 33.4 Å². The molecule has 0 unspecified atom stereocenters. The summed E-state index contributed by atoms with van der Waals surface area (Å²) in [7, 11) is 0. The van der Waals surface area contributed by atoms with Gasteiger partial charge in [0.1, 0.15) is 0 Å². The molecule has 3 nitrogen and oxygen atoms in total. The fourth-order valence-corrected chi connectivity index (χ4v) is 1.72. The van der Waals surface area contributed by atoms with Gasteiger partial charge in [-0.3, -0.25) is 4.79 Å². The Labute approximate surface area is 97.2 Å². The Balaban J connectivity index is 2.81. The summed E-state index contributed by atoms with van der Waals surface area (Å²) in [4.78, 5) is 13.5. The quantitative estimate of drug-likeness (QED) is 0.824. The Kier molecular flexibility index (Phi) is 4.99. The van der Waals surface area contributed by atoms with Crippen molar-refractivity contribution in [1.82, 2.24) is 4.90 Å². The first-order valence-electron chi connectivity index (χ1n) is 5.77. The van der Waals surface area contributed by atoms with Crippen LogP contribution in [0.2, 0.25) is 0 Å². The zero-order valence-corrected chi connectivity index (χ0v) is 10.1. The van der Waals surface area contributed by atoms with Crippen LogP contribution < -0.4 is 5.73 Å². The van der Waals surface area contributed by atoms with Crippen molar-refractivity contribution >= 4 is 5.91 Å². The SMILES string of the molecule is CCC(=O)N(CC)Cc1ccccc1CN. The third-order valence-corrected chi connectivity index (χ3v) is 2.74. The minimum atomic E-state index is 0.189. The minimum absolute atomic E-state index is 0.189. The lowest BCUT2D eigenvalue weighted by molar-refractivity contribution is -0.131. The highest BCUT2D eigenvalue weighted by molar-refractivity contribution is 5.75. The van der Waals surface area contributed by atoms with Crippen LogP contribution in [0.1, 0.15) is 31.4 Å². The van der Waals surface area contributed by atoms with Crippen molar-refractivity contribution in [3.8, 4) is 0 Å². The highest BCUT2D eigenvalue weighted by Crippen LogP contribution is 2.11. The van der Waals surface area contributed by atoms with Crippen molar-refractivity contribution in [3.63, 3.8) is 0 Å². The zero-order valence-electron chi connectivity index (χ0n) is 10.1. The molecule has 0 fully saturated rings. The van der Waals surface area contributed by atoms with E-state index in [9.17, 15) is 4.79 Å². The maximum absolute atomic E-state index is 11.6. The summed E-state index contributed by atoms with van der Waals surface area (Å²) in [5, 5.41) is 0. The molecule has 0 aliphatic heterocycles. The number of nitrogens with two attached hydrogens (primary N) is 1. The van der Waals surface area contributed by atoms with Crippen molar-refractivity contribution in [1.29, 1.82) is 0 Å². The first-order chi connectivity index (χ1) is 7.72. The van der Waals surface area contributed by atoms with E-state index >= 15 is 0 Å². The van der Waals surface area contributed by atoms with Crippen molar-refractivity contribution in [2.24, 2.45) is 5.73 Å². The number of carbonyl (C=O) groups is 1. The van der Waals surface area contributed by atoms with E-state index < -0.39 is 0 Å². The second-order valence-electron chi connectivity index (χ2n) is 3.73. The largest absolute Gasteiger partial charge is 0.339 e. The van der Waals surface area contributed by atoms with Crippen LogP contribution in [0.15, 0.2) is 24.3 Å². The number of hydrogen-bond acceptors (Lipinski definition) is 2. The summed E-state index contributed by atoms with van der Waals surface area (Å²) in [5.74, 6) is 0.189. The molecule has 2 N–H and O–H groups in total. The van der Waals surface area contributed by atoms with Crippen LogP contribution in [0, 0.1) is 0 Å². The summed E-state index contributed by atoms with van der Waals surface area (Å²) >= 11 is 0. The van der Waals surface area contributed by atoms with Gasteiger partial charge in [-0.05, 0) is 18.1 Å². The highest BCUT2D eigenvalue weighted by Gasteiger charge is 2.11. The van der Waals surface area contributed by atoms with E-state index in [2.05, 4.69) is 0 Å². The molecule has 0 spiro atoms. The van der Waals surface area contributed by atoms with Crippen LogP contribution in [-0.4, -0.2) is 17.4 Å². The topological polar surface area (TPSA) is 46.3 Å². The summed E-state index contributed by atoms with van der Waals surface area (Å²) < 4.78 is 0. The molecule has 0 heterocycles. The van der Waals surface area contributed by atoms with Gasteiger partial charge in [-0.2, -0.15) is 0 Å². The van der Waals surface area contributed by atoms with E-state index in [1.165, 1.54) is 0 Å². The van der Waals surface area contributed by atoms with Gasteiger partial charge in [0, 0.05) is 26.1 Å². The predicted octanol–water partition coefficient (Wildman–Crippen LogP) is 1.90. The Bertz CT molecular complexity index is 350. The van der Waals surface area contributed by atoms with Gasteiger partial charge >= 0.3 is 0 Å². The monoisotopic (exact) mass is 220 g/mol. The minimum Gasteiger partial charge on any atom is -0.339 e. The molecule has 0 saturated carbocycles. The molecule has 0 bridgehead atoms. The molecule has 0 atom stereocenters. The molecule has 1 rings (SSSR count). The molecule has 1 aromatic rings. The third-order valence-electron chi connectivity index (χ3n) is 2.74. The normalized spacial score (nSPS) is 10.2. The lowest BCUT2D eigenvalue weighted by Crippen LogP contribution is -2.30. The molecule has 0 aromatic heterocycles. The van der Waals surface area contributed by atoms with Crippen LogP contribution >= 0.6 is 0 Å². The summed E-state index contributed by atoms with van der Waals surface area (Å²) in [6.45, 7) is 5.81. The summed E-state index contributed by atoms with van der Waals surface area (Å²) in [5.41, 5.74) is 7.94. The van der Waals surface area contributed by atoms with Gasteiger partial charge in [0.25, 0.3) is 0 Å². The van der Waals surface area contributed by atoms with Crippen LogP contribution in [0.3, 0.4) is 0 Å². The smallest absolute Gasteiger partial charge is 0.222 e. The summed E-state index contributed by atoms with van der Waals surface area (Å²) in [6.07, 6.45) is 0.554. The van der Waals surface area contributed by atoms with E-state index in [0.717, 1.165) is 17.7 Å². The second-order valence-corrected chi connectivity index (χ2v) is 3.73. The Morgan fingerprint density at radius 3 is 2.38 bits per heavy atom. The lowest BCUT2D eigenvalue weighted by Gasteiger charge is -2.21. The molecule has 0 saturated heterocycles. The lowest BCUT2D eigenvalue weighted by atomic mass is 10.1. The Hall–Kier alpha value is -1.35. The second kappa shape index (κ2) is 6.28. The molecule has 88 valence electrons. The average Bonchev–Trinajstić information content (AvgIpc) is 2.35. The third kappa shape index (κ3) is 3.07. The number of nitrogens with zero attached hydrogens (tertiary/aromatic N) is 1.